The van der Waals surface area contributed by atoms with Gasteiger partial charge >= 0.3 is 0 Å². The van der Waals surface area contributed by atoms with E-state index in [-0.39, 0.29) is 24.0 Å². The first kappa shape index (κ1) is 22.5. The zero-order chi connectivity index (χ0) is 18.2. The van der Waals surface area contributed by atoms with Crippen LogP contribution in [0.2, 0.25) is 0 Å². The molecule has 2 fully saturated rings. The van der Waals surface area contributed by atoms with Gasteiger partial charge in [0.05, 0.1) is 19.8 Å². The molecule has 0 saturated carbocycles. The Balaban J connectivity index is 0.00000261. The van der Waals surface area contributed by atoms with E-state index in [0.717, 1.165) is 57.7 Å². The Kier molecular flexibility index (Phi) is 9.99. The molecule has 2 aliphatic heterocycles. The highest BCUT2D eigenvalue weighted by Gasteiger charge is 2.21. The van der Waals surface area contributed by atoms with Crippen LogP contribution in [-0.2, 0) is 11.3 Å². The molecule has 0 bridgehead atoms. The monoisotopic (exact) mass is 505 g/mol. The Morgan fingerprint density at radius 1 is 1.33 bits per heavy atom. The van der Waals surface area contributed by atoms with Gasteiger partial charge in [-0.15, -0.1) is 24.0 Å². The minimum atomic E-state index is 0. The summed E-state index contributed by atoms with van der Waals surface area (Å²) in [6, 6.07) is 4.23. The molecule has 2 aliphatic rings. The second kappa shape index (κ2) is 12.0. The standard InChI is InChI=1S/C19H31N5OS.HI/c1-3-17-15-24(9-12-26-17)19(20-4-2)22-14-16-5-6-21-18(13-16)23-7-10-25-11-8-23;/h5-6,13,17H,3-4,7-12,14-15H2,1-2H3,(H,20,22);1H. The van der Waals surface area contributed by atoms with E-state index in [1.807, 2.05) is 6.20 Å². The van der Waals surface area contributed by atoms with Crippen LogP contribution in [0.5, 0.6) is 0 Å². The van der Waals surface area contributed by atoms with Crippen molar-refractivity contribution in [3.8, 4) is 0 Å². The van der Waals surface area contributed by atoms with Crippen molar-refractivity contribution in [1.29, 1.82) is 0 Å². The number of hydrogen-bond acceptors (Lipinski definition) is 5. The summed E-state index contributed by atoms with van der Waals surface area (Å²) in [5.41, 5.74) is 1.20. The summed E-state index contributed by atoms with van der Waals surface area (Å²) < 4.78 is 5.44. The molecule has 1 aromatic rings. The summed E-state index contributed by atoms with van der Waals surface area (Å²) in [7, 11) is 0. The highest BCUT2D eigenvalue weighted by atomic mass is 127. The predicted octanol–water partition coefficient (Wildman–Crippen LogP) is 2.83. The number of ether oxygens (including phenoxy) is 1. The molecule has 1 aromatic heterocycles. The van der Waals surface area contributed by atoms with Crippen LogP contribution in [-0.4, -0.2) is 72.8 Å². The Morgan fingerprint density at radius 3 is 2.89 bits per heavy atom. The molecule has 152 valence electrons. The number of nitrogens with one attached hydrogen (secondary N) is 1. The van der Waals surface area contributed by atoms with Gasteiger partial charge in [0.25, 0.3) is 0 Å². The number of aromatic nitrogens is 1. The van der Waals surface area contributed by atoms with Gasteiger partial charge in [0.1, 0.15) is 5.82 Å². The molecule has 1 unspecified atom stereocenters. The van der Waals surface area contributed by atoms with Crippen LogP contribution in [0.1, 0.15) is 25.8 Å². The number of halogens is 1. The van der Waals surface area contributed by atoms with Gasteiger partial charge in [-0.05, 0) is 31.0 Å². The lowest BCUT2D eigenvalue weighted by Crippen LogP contribution is -2.48. The van der Waals surface area contributed by atoms with E-state index >= 15 is 0 Å². The average molecular weight is 505 g/mol. The number of nitrogens with zero attached hydrogens (tertiary/aromatic N) is 4. The van der Waals surface area contributed by atoms with Gasteiger partial charge in [0.15, 0.2) is 5.96 Å². The summed E-state index contributed by atoms with van der Waals surface area (Å²) in [5, 5.41) is 4.18. The molecular weight excluding hydrogens is 473 g/mol. The second-order valence-electron chi connectivity index (χ2n) is 6.64. The fourth-order valence-corrected chi connectivity index (χ4v) is 4.46. The number of rotatable bonds is 5. The van der Waals surface area contributed by atoms with E-state index in [1.54, 1.807) is 0 Å². The third-order valence-electron chi connectivity index (χ3n) is 4.78. The number of aliphatic imine (C=N–C) groups is 1. The minimum Gasteiger partial charge on any atom is -0.378 e. The molecule has 3 rings (SSSR count). The van der Waals surface area contributed by atoms with Crippen molar-refractivity contribution in [2.45, 2.75) is 32.1 Å². The van der Waals surface area contributed by atoms with Gasteiger partial charge in [-0.1, -0.05) is 6.92 Å². The highest BCUT2D eigenvalue weighted by molar-refractivity contribution is 14.0. The van der Waals surface area contributed by atoms with Crippen LogP contribution in [0.15, 0.2) is 23.3 Å². The first-order valence-corrected chi connectivity index (χ1v) is 10.8. The lowest BCUT2D eigenvalue weighted by molar-refractivity contribution is 0.122. The third kappa shape index (κ3) is 6.67. The van der Waals surface area contributed by atoms with Crippen molar-refractivity contribution in [1.82, 2.24) is 15.2 Å². The van der Waals surface area contributed by atoms with Crippen LogP contribution in [0, 0.1) is 0 Å². The fraction of sp³-hybridized carbons (Fsp3) is 0.684. The normalized spacial score (nSPS) is 21.0. The van der Waals surface area contributed by atoms with E-state index in [1.165, 1.54) is 17.7 Å². The molecule has 1 atom stereocenters. The Hall–Kier alpha value is -0.740. The molecular formula is C19H32IN5OS. The second-order valence-corrected chi connectivity index (χ2v) is 8.05. The predicted molar refractivity (Wildman–Crippen MR) is 126 cm³/mol. The Morgan fingerprint density at radius 2 is 2.15 bits per heavy atom. The van der Waals surface area contributed by atoms with Crippen LogP contribution >= 0.6 is 35.7 Å². The third-order valence-corrected chi connectivity index (χ3v) is 6.16. The summed E-state index contributed by atoms with van der Waals surface area (Å²) in [6.07, 6.45) is 3.11. The number of anilines is 1. The van der Waals surface area contributed by atoms with Crippen molar-refractivity contribution in [3.63, 3.8) is 0 Å². The summed E-state index contributed by atoms with van der Waals surface area (Å²) in [4.78, 5) is 14.1. The number of hydrogen-bond donors (Lipinski definition) is 1. The van der Waals surface area contributed by atoms with Crippen molar-refractivity contribution in [2.24, 2.45) is 4.99 Å². The molecule has 27 heavy (non-hydrogen) atoms. The minimum absolute atomic E-state index is 0. The highest BCUT2D eigenvalue weighted by Crippen LogP contribution is 2.21. The molecule has 3 heterocycles. The van der Waals surface area contributed by atoms with Gasteiger partial charge < -0.3 is 19.9 Å². The van der Waals surface area contributed by atoms with Gasteiger partial charge in [-0.2, -0.15) is 11.8 Å². The maximum atomic E-state index is 5.44. The number of thioether (sulfide) groups is 1. The zero-order valence-electron chi connectivity index (χ0n) is 16.4. The van der Waals surface area contributed by atoms with Gasteiger partial charge in [0, 0.05) is 49.9 Å². The lowest BCUT2D eigenvalue weighted by Gasteiger charge is -2.34. The van der Waals surface area contributed by atoms with E-state index in [4.69, 9.17) is 9.73 Å². The van der Waals surface area contributed by atoms with Gasteiger partial charge in [-0.25, -0.2) is 9.98 Å². The van der Waals surface area contributed by atoms with Crippen molar-refractivity contribution in [2.75, 3.05) is 56.6 Å². The molecule has 8 heteroatoms. The van der Waals surface area contributed by atoms with E-state index in [0.29, 0.717) is 11.8 Å². The summed E-state index contributed by atoms with van der Waals surface area (Å²) in [6.45, 7) is 11.5. The van der Waals surface area contributed by atoms with Gasteiger partial charge in [-0.3, -0.25) is 0 Å². The van der Waals surface area contributed by atoms with E-state index in [9.17, 15) is 0 Å². The van der Waals surface area contributed by atoms with E-state index < -0.39 is 0 Å². The smallest absolute Gasteiger partial charge is 0.194 e. The summed E-state index contributed by atoms with van der Waals surface area (Å²) >= 11 is 2.09. The molecule has 0 aliphatic carbocycles. The van der Waals surface area contributed by atoms with Crippen LogP contribution in [0.25, 0.3) is 0 Å². The molecule has 2 saturated heterocycles. The molecule has 0 spiro atoms. The first-order valence-electron chi connectivity index (χ1n) is 9.72. The largest absolute Gasteiger partial charge is 0.378 e. The first-order chi connectivity index (χ1) is 12.8. The maximum absolute atomic E-state index is 5.44. The number of morpholine rings is 1. The topological polar surface area (TPSA) is 53.0 Å². The average Bonchev–Trinajstić information content (AvgIpc) is 2.72. The quantitative estimate of drug-likeness (QED) is 0.378. The SMILES string of the molecule is CCNC(=NCc1ccnc(N2CCOCC2)c1)N1CCSC(CC)C1.I. The van der Waals surface area contributed by atoms with Crippen molar-refractivity contribution in [3.05, 3.63) is 23.9 Å². The molecule has 1 N–H and O–H groups in total. The zero-order valence-corrected chi connectivity index (χ0v) is 19.5. The molecule has 6 nitrogen and oxygen atoms in total. The molecule has 0 aromatic carbocycles. The maximum Gasteiger partial charge on any atom is 0.194 e. The van der Waals surface area contributed by atoms with E-state index in [2.05, 4.69) is 57.8 Å². The number of pyridine rings is 1. The Labute approximate surface area is 184 Å². The fourth-order valence-electron chi connectivity index (χ4n) is 3.27. The van der Waals surface area contributed by atoms with Crippen LogP contribution in [0.4, 0.5) is 5.82 Å². The van der Waals surface area contributed by atoms with Crippen LogP contribution < -0.4 is 10.2 Å². The van der Waals surface area contributed by atoms with Crippen molar-refractivity contribution < 1.29 is 4.74 Å². The van der Waals surface area contributed by atoms with Crippen LogP contribution in [0.3, 0.4) is 0 Å². The molecule has 0 amide bonds. The lowest BCUT2D eigenvalue weighted by atomic mass is 10.2. The summed E-state index contributed by atoms with van der Waals surface area (Å²) in [5.74, 6) is 3.25. The number of guanidine groups is 1. The molecule has 0 radical (unpaired) electrons. The van der Waals surface area contributed by atoms with Gasteiger partial charge in [0.2, 0.25) is 0 Å². The Bertz CT molecular complexity index is 597. The van der Waals surface area contributed by atoms with Crippen molar-refractivity contribution >= 4 is 47.5 Å².